The lowest BCUT2D eigenvalue weighted by Crippen LogP contribution is -2.16. The lowest BCUT2D eigenvalue weighted by Gasteiger charge is -2.14. The van der Waals surface area contributed by atoms with E-state index >= 15 is 0 Å². The summed E-state index contributed by atoms with van der Waals surface area (Å²) < 4.78 is 0. The monoisotopic (exact) mass is 317 g/mol. The van der Waals surface area contributed by atoms with Gasteiger partial charge in [0.05, 0.1) is 0 Å². The highest BCUT2D eigenvalue weighted by Gasteiger charge is 2.16. The van der Waals surface area contributed by atoms with Gasteiger partial charge in [-0.3, -0.25) is 9.59 Å². The molecule has 2 rings (SSSR count). The van der Waals surface area contributed by atoms with Crippen LogP contribution in [0.1, 0.15) is 44.6 Å². The molecule has 1 heterocycles. The summed E-state index contributed by atoms with van der Waals surface area (Å²) in [6.45, 7) is 5.97. The summed E-state index contributed by atoms with van der Waals surface area (Å²) in [5.74, 6) is 0.659. The number of nitrogens with one attached hydrogen (secondary N) is 3. The zero-order chi connectivity index (χ0) is 16.7. The maximum absolute atomic E-state index is 12.1. The van der Waals surface area contributed by atoms with Crippen LogP contribution < -0.4 is 16.0 Å². The van der Waals surface area contributed by atoms with Crippen molar-refractivity contribution in [1.82, 2.24) is 5.32 Å². The second-order valence-corrected chi connectivity index (χ2v) is 6.22. The van der Waals surface area contributed by atoms with E-state index in [0.29, 0.717) is 18.8 Å². The topological polar surface area (TPSA) is 70.2 Å². The van der Waals surface area contributed by atoms with Crippen LogP contribution in [-0.2, 0) is 9.59 Å². The Labute approximate surface area is 138 Å². The van der Waals surface area contributed by atoms with Crippen LogP contribution in [0.5, 0.6) is 0 Å². The quantitative estimate of drug-likeness (QED) is 0.724. The fourth-order valence-electron chi connectivity index (χ4n) is 2.86. The maximum atomic E-state index is 12.1. The van der Waals surface area contributed by atoms with Crippen molar-refractivity contribution in [2.75, 3.05) is 23.7 Å². The third-order valence-corrected chi connectivity index (χ3v) is 4.30. The number of anilines is 2. The smallest absolute Gasteiger partial charge is 0.224 e. The van der Waals surface area contributed by atoms with Gasteiger partial charge >= 0.3 is 0 Å². The van der Waals surface area contributed by atoms with Crippen LogP contribution in [0.15, 0.2) is 18.2 Å². The second-order valence-electron chi connectivity index (χ2n) is 6.22. The Morgan fingerprint density at radius 2 is 1.83 bits per heavy atom. The number of carbonyl (C=O) groups excluding carboxylic acids is 2. The first-order valence-corrected chi connectivity index (χ1v) is 8.50. The molecule has 0 aliphatic carbocycles. The van der Waals surface area contributed by atoms with Gasteiger partial charge in [-0.05, 0) is 62.9 Å². The highest BCUT2D eigenvalue weighted by Crippen LogP contribution is 2.24. The molecule has 5 nitrogen and oxygen atoms in total. The molecule has 2 amide bonds. The van der Waals surface area contributed by atoms with Crippen molar-refractivity contribution in [3.63, 3.8) is 0 Å². The van der Waals surface area contributed by atoms with Crippen molar-refractivity contribution in [1.29, 1.82) is 0 Å². The summed E-state index contributed by atoms with van der Waals surface area (Å²) in [4.78, 5) is 23.9. The molecular formula is C18H27N3O2. The predicted molar refractivity (Wildman–Crippen MR) is 93.6 cm³/mol. The molecule has 126 valence electrons. The third-order valence-electron chi connectivity index (χ3n) is 4.30. The predicted octanol–water partition coefficient (Wildman–Crippen LogP) is 3.06. The molecule has 1 unspecified atom stereocenters. The standard InChI is InChI=1S/C18H27N3O2/c1-3-5-17(22)20-15-6-4-7-16(13(15)2)21-18(23)9-8-14-10-11-19-12-14/h4,6-7,14,19H,3,5,8-12H2,1-2H3,(H,20,22)(H,21,23). The second kappa shape index (κ2) is 8.67. The first kappa shape index (κ1) is 17.5. The Bertz CT molecular complexity index is 551. The van der Waals surface area contributed by atoms with Crippen molar-refractivity contribution in [3.05, 3.63) is 23.8 Å². The fraction of sp³-hybridized carbons (Fsp3) is 0.556. The number of hydrogen-bond acceptors (Lipinski definition) is 3. The molecule has 1 aromatic rings. The average molecular weight is 317 g/mol. The Kier molecular flexibility index (Phi) is 6.59. The van der Waals surface area contributed by atoms with E-state index in [4.69, 9.17) is 0 Å². The summed E-state index contributed by atoms with van der Waals surface area (Å²) >= 11 is 0. The van der Waals surface area contributed by atoms with Crippen molar-refractivity contribution in [2.24, 2.45) is 5.92 Å². The Morgan fingerprint density at radius 3 is 2.39 bits per heavy atom. The number of benzene rings is 1. The van der Waals surface area contributed by atoms with Gasteiger partial charge in [0.25, 0.3) is 0 Å². The van der Waals surface area contributed by atoms with Crippen LogP contribution in [0.3, 0.4) is 0 Å². The van der Waals surface area contributed by atoms with Crippen LogP contribution in [0.4, 0.5) is 11.4 Å². The Hall–Kier alpha value is -1.88. The van der Waals surface area contributed by atoms with E-state index < -0.39 is 0 Å². The third kappa shape index (κ3) is 5.36. The molecule has 1 aliphatic rings. The minimum absolute atomic E-state index is 0.00723. The van der Waals surface area contributed by atoms with Crippen molar-refractivity contribution < 1.29 is 9.59 Å². The molecular weight excluding hydrogens is 290 g/mol. The van der Waals surface area contributed by atoms with Gasteiger partial charge in [0.2, 0.25) is 11.8 Å². The summed E-state index contributed by atoms with van der Waals surface area (Å²) in [6, 6.07) is 5.59. The molecule has 1 atom stereocenters. The van der Waals surface area contributed by atoms with Gasteiger partial charge < -0.3 is 16.0 Å². The lowest BCUT2D eigenvalue weighted by molar-refractivity contribution is -0.117. The minimum atomic E-state index is 0.00723. The number of carbonyl (C=O) groups is 2. The zero-order valence-electron chi connectivity index (χ0n) is 14.1. The average Bonchev–Trinajstić information content (AvgIpc) is 3.03. The molecule has 1 aromatic carbocycles. The largest absolute Gasteiger partial charge is 0.326 e. The van der Waals surface area contributed by atoms with Gasteiger partial charge in [-0.1, -0.05) is 13.0 Å². The van der Waals surface area contributed by atoms with E-state index in [1.807, 2.05) is 32.0 Å². The van der Waals surface area contributed by atoms with Gasteiger partial charge in [-0.15, -0.1) is 0 Å². The minimum Gasteiger partial charge on any atom is -0.326 e. The maximum Gasteiger partial charge on any atom is 0.224 e. The molecule has 0 saturated carbocycles. The first-order valence-electron chi connectivity index (χ1n) is 8.50. The molecule has 0 aromatic heterocycles. The van der Waals surface area contributed by atoms with E-state index in [1.165, 1.54) is 0 Å². The molecule has 3 N–H and O–H groups in total. The molecule has 23 heavy (non-hydrogen) atoms. The highest BCUT2D eigenvalue weighted by atomic mass is 16.2. The van der Waals surface area contributed by atoms with Crippen molar-refractivity contribution in [2.45, 2.75) is 46.0 Å². The van der Waals surface area contributed by atoms with Gasteiger partial charge in [-0.2, -0.15) is 0 Å². The van der Waals surface area contributed by atoms with Gasteiger partial charge in [-0.25, -0.2) is 0 Å². The fourth-order valence-corrected chi connectivity index (χ4v) is 2.86. The van der Waals surface area contributed by atoms with Gasteiger partial charge in [0.15, 0.2) is 0 Å². The van der Waals surface area contributed by atoms with E-state index in [0.717, 1.165) is 49.3 Å². The zero-order valence-corrected chi connectivity index (χ0v) is 14.1. The van der Waals surface area contributed by atoms with Crippen LogP contribution in [0, 0.1) is 12.8 Å². The van der Waals surface area contributed by atoms with E-state index in [-0.39, 0.29) is 11.8 Å². The van der Waals surface area contributed by atoms with E-state index in [1.54, 1.807) is 0 Å². The Balaban J connectivity index is 1.91. The number of rotatable bonds is 7. The summed E-state index contributed by atoms with van der Waals surface area (Å²) in [7, 11) is 0. The van der Waals surface area contributed by atoms with Crippen molar-refractivity contribution in [3.8, 4) is 0 Å². The van der Waals surface area contributed by atoms with Crippen molar-refractivity contribution >= 4 is 23.2 Å². The van der Waals surface area contributed by atoms with Crippen LogP contribution >= 0.6 is 0 Å². The molecule has 0 spiro atoms. The summed E-state index contributed by atoms with van der Waals surface area (Å²) in [5, 5.41) is 9.19. The van der Waals surface area contributed by atoms with Gasteiger partial charge in [0.1, 0.15) is 0 Å². The highest BCUT2D eigenvalue weighted by molar-refractivity contribution is 5.95. The van der Waals surface area contributed by atoms with Crippen LogP contribution in [0.25, 0.3) is 0 Å². The SMILES string of the molecule is CCCC(=O)Nc1cccc(NC(=O)CCC2CCNC2)c1C. The normalized spacial score (nSPS) is 17.0. The Morgan fingerprint density at radius 1 is 1.17 bits per heavy atom. The molecule has 0 bridgehead atoms. The number of hydrogen-bond donors (Lipinski definition) is 3. The van der Waals surface area contributed by atoms with Crippen LogP contribution in [0.2, 0.25) is 0 Å². The molecule has 1 fully saturated rings. The van der Waals surface area contributed by atoms with Gasteiger partial charge in [0, 0.05) is 24.2 Å². The number of amides is 2. The van der Waals surface area contributed by atoms with E-state index in [9.17, 15) is 9.59 Å². The molecule has 1 aliphatic heterocycles. The van der Waals surface area contributed by atoms with Crippen LogP contribution in [-0.4, -0.2) is 24.9 Å². The summed E-state index contributed by atoms with van der Waals surface area (Å²) in [6.07, 6.45) is 3.94. The summed E-state index contributed by atoms with van der Waals surface area (Å²) in [5.41, 5.74) is 2.43. The molecule has 5 heteroatoms. The molecule has 1 saturated heterocycles. The lowest BCUT2D eigenvalue weighted by atomic mass is 10.0. The van der Waals surface area contributed by atoms with E-state index in [2.05, 4.69) is 16.0 Å². The first-order chi connectivity index (χ1) is 11.1. The molecule has 0 radical (unpaired) electrons.